The van der Waals surface area contributed by atoms with Gasteiger partial charge in [0.15, 0.2) is 0 Å². The molecule has 0 atom stereocenters. The number of carbonyl (C=O) groups excluding carboxylic acids is 1. The van der Waals surface area contributed by atoms with Gasteiger partial charge in [-0.3, -0.25) is 4.79 Å². The number of ether oxygens (including phenoxy) is 2. The fraction of sp³-hybridized carbons (Fsp3) is 0.933. The van der Waals surface area contributed by atoms with Crippen molar-refractivity contribution in [3.63, 3.8) is 0 Å². The fourth-order valence-corrected chi connectivity index (χ4v) is 2.39. The van der Waals surface area contributed by atoms with Crippen LogP contribution in [-0.2, 0) is 14.3 Å². The van der Waals surface area contributed by atoms with Gasteiger partial charge in [0.25, 0.3) is 0 Å². The van der Waals surface area contributed by atoms with Crippen LogP contribution in [0.2, 0.25) is 0 Å². The van der Waals surface area contributed by atoms with Crippen molar-refractivity contribution in [2.45, 2.75) is 70.3 Å². The Balaban J connectivity index is 1.80. The van der Waals surface area contributed by atoms with E-state index in [0.29, 0.717) is 11.9 Å². The third kappa shape index (κ3) is 7.83. The van der Waals surface area contributed by atoms with Crippen LogP contribution in [0, 0.1) is 0 Å². The van der Waals surface area contributed by atoms with Gasteiger partial charge < -0.3 is 9.47 Å². The smallest absolute Gasteiger partial charge is 0.133 e. The molecular weight excluding hydrogens is 228 g/mol. The molecule has 0 amide bonds. The van der Waals surface area contributed by atoms with Crippen molar-refractivity contribution in [1.29, 1.82) is 0 Å². The summed E-state index contributed by atoms with van der Waals surface area (Å²) in [5.41, 5.74) is 0. The third-order valence-corrected chi connectivity index (χ3v) is 3.59. The van der Waals surface area contributed by atoms with E-state index in [9.17, 15) is 4.79 Å². The van der Waals surface area contributed by atoms with E-state index < -0.39 is 0 Å². The molecule has 0 unspecified atom stereocenters. The normalized spacial score (nSPS) is 17.3. The quantitative estimate of drug-likeness (QED) is 0.561. The molecule has 0 aliphatic heterocycles. The summed E-state index contributed by atoms with van der Waals surface area (Å²) >= 11 is 0. The first-order valence-corrected chi connectivity index (χ1v) is 7.45. The maximum Gasteiger partial charge on any atom is 0.133 e. The van der Waals surface area contributed by atoms with E-state index in [0.717, 1.165) is 45.3 Å². The van der Waals surface area contributed by atoms with Gasteiger partial charge in [-0.05, 0) is 25.7 Å². The molecule has 0 aromatic heterocycles. The Morgan fingerprint density at radius 2 is 1.50 bits per heavy atom. The van der Waals surface area contributed by atoms with E-state index in [1.807, 2.05) is 0 Å². The summed E-state index contributed by atoms with van der Waals surface area (Å²) in [6, 6.07) is 0. The van der Waals surface area contributed by atoms with E-state index in [1.54, 1.807) is 7.11 Å². The van der Waals surface area contributed by atoms with Gasteiger partial charge in [-0.2, -0.15) is 0 Å². The van der Waals surface area contributed by atoms with Crippen molar-refractivity contribution in [3.05, 3.63) is 0 Å². The Bertz CT molecular complexity index is 206. The van der Waals surface area contributed by atoms with Crippen LogP contribution in [0.25, 0.3) is 0 Å². The molecular formula is C15H28O3. The average Bonchev–Trinajstić information content (AvgIpc) is 2.39. The summed E-state index contributed by atoms with van der Waals surface area (Å²) in [4.78, 5) is 11.1. The minimum atomic E-state index is 0.351. The molecule has 106 valence electrons. The summed E-state index contributed by atoms with van der Waals surface area (Å²) in [5.74, 6) is 0.408. The maximum absolute atomic E-state index is 11.1. The van der Waals surface area contributed by atoms with Crippen molar-refractivity contribution in [3.8, 4) is 0 Å². The Labute approximate surface area is 111 Å². The fourth-order valence-electron chi connectivity index (χ4n) is 2.39. The van der Waals surface area contributed by atoms with Crippen molar-refractivity contribution in [2.24, 2.45) is 0 Å². The molecule has 1 fully saturated rings. The third-order valence-electron chi connectivity index (χ3n) is 3.59. The highest BCUT2D eigenvalue weighted by atomic mass is 16.5. The van der Waals surface area contributed by atoms with Gasteiger partial charge in [-0.15, -0.1) is 0 Å². The molecule has 1 aliphatic carbocycles. The second-order valence-corrected chi connectivity index (χ2v) is 5.22. The summed E-state index contributed by atoms with van der Waals surface area (Å²) in [7, 11) is 1.76. The minimum absolute atomic E-state index is 0.351. The largest absolute Gasteiger partial charge is 0.385 e. The molecule has 0 aromatic carbocycles. The highest BCUT2D eigenvalue weighted by molar-refractivity contribution is 5.79. The maximum atomic E-state index is 11.1. The number of unbranched alkanes of at least 4 members (excludes halogenated alkanes) is 5. The monoisotopic (exact) mass is 256 g/mol. The number of methoxy groups -OCH3 is 1. The van der Waals surface area contributed by atoms with Crippen LogP contribution in [0.3, 0.4) is 0 Å². The van der Waals surface area contributed by atoms with Gasteiger partial charge in [-0.25, -0.2) is 0 Å². The summed E-state index contributed by atoms with van der Waals surface area (Å²) in [6.07, 6.45) is 11.2. The molecule has 1 aliphatic rings. The second-order valence-electron chi connectivity index (χ2n) is 5.22. The molecule has 1 saturated carbocycles. The lowest BCUT2D eigenvalue weighted by Crippen LogP contribution is -2.21. The Kier molecular flexibility index (Phi) is 9.13. The van der Waals surface area contributed by atoms with Crippen molar-refractivity contribution in [1.82, 2.24) is 0 Å². The number of hydrogen-bond acceptors (Lipinski definition) is 3. The van der Waals surface area contributed by atoms with Crippen molar-refractivity contribution < 1.29 is 14.3 Å². The zero-order valence-corrected chi connectivity index (χ0v) is 11.8. The predicted octanol–water partition coefficient (Wildman–Crippen LogP) is 3.50. The van der Waals surface area contributed by atoms with Crippen molar-refractivity contribution in [2.75, 3.05) is 20.3 Å². The Hall–Kier alpha value is -0.410. The van der Waals surface area contributed by atoms with Gasteiger partial charge in [-0.1, -0.05) is 25.7 Å². The van der Waals surface area contributed by atoms with Crippen LogP contribution in [0.1, 0.15) is 64.2 Å². The highest BCUT2D eigenvalue weighted by Gasteiger charge is 2.18. The molecule has 3 nitrogen and oxygen atoms in total. The lowest BCUT2D eigenvalue weighted by atomic mass is 9.96. The lowest BCUT2D eigenvalue weighted by Gasteiger charge is -2.21. The number of ketones is 1. The molecule has 1 rings (SSSR count). The molecule has 0 N–H and O–H groups in total. The second kappa shape index (κ2) is 10.5. The lowest BCUT2D eigenvalue weighted by molar-refractivity contribution is -0.123. The molecule has 0 bridgehead atoms. The van der Waals surface area contributed by atoms with E-state index in [-0.39, 0.29) is 0 Å². The highest BCUT2D eigenvalue weighted by Crippen LogP contribution is 2.18. The molecule has 18 heavy (non-hydrogen) atoms. The first-order valence-electron chi connectivity index (χ1n) is 7.45. The summed E-state index contributed by atoms with van der Waals surface area (Å²) in [6.45, 7) is 1.76. The van der Waals surface area contributed by atoms with E-state index in [4.69, 9.17) is 9.47 Å². The molecule has 0 spiro atoms. The van der Waals surface area contributed by atoms with E-state index >= 15 is 0 Å². The van der Waals surface area contributed by atoms with Gasteiger partial charge >= 0.3 is 0 Å². The van der Waals surface area contributed by atoms with Crippen LogP contribution < -0.4 is 0 Å². The van der Waals surface area contributed by atoms with Crippen LogP contribution in [0.4, 0.5) is 0 Å². The van der Waals surface area contributed by atoms with Gasteiger partial charge in [0, 0.05) is 33.2 Å². The first kappa shape index (κ1) is 15.6. The molecule has 0 radical (unpaired) electrons. The standard InChI is InChI=1S/C15H28O3/c1-17-12-6-4-2-3-5-7-13-18-15-10-8-14(16)9-11-15/h15H,2-13H2,1H3. The van der Waals surface area contributed by atoms with Crippen LogP contribution in [-0.4, -0.2) is 32.2 Å². The summed E-state index contributed by atoms with van der Waals surface area (Å²) in [5, 5.41) is 0. The Morgan fingerprint density at radius 1 is 0.944 bits per heavy atom. The number of hydrogen-bond donors (Lipinski definition) is 0. The van der Waals surface area contributed by atoms with Crippen LogP contribution in [0.15, 0.2) is 0 Å². The van der Waals surface area contributed by atoms with Gasteiger partial charge in [0.2, 0.25) is 0 Å². The van der Waals surface area contributed by atoms with Gasteiger partial charge in [0.1, 0.15) is 5.78 Å². The van der Waals surface area contributed by atoms with E-state index in [1.165, 1.54) is 32.1 Å². The molecule has 0 saturated heterocycles. The SMILES string of the molecule is COCCCCCCCCOC1CCC(=O)CC1. The molecule has 0 heterocycles. The first-order chi connectivity index (χ1) is 8.83. The summed E-state index contributed by atoms with van der Waals surface area (Å²) < 4.78 is 10.8. The predicted molar refractivity (Wildman–Crippen MR) is 72.8 cm³/mol. The minimum Gasteiger partial charge on any atom is -0.385 e. The average molecular weight is 256 g/mol. The van der Waals surface area contributed by atoms with Gasteiger partial charge in [0.05, 0.1) is 6.10 Å². The number of carbonyl (C=O) groups is 1. The van der Waals surface area contributed by atoms with Crippen LogP contribution >= 0.6 is 0 Å². The topological polar surface area (TPSA) is 35.5 Å². The van der Waals surface area contributed by atoms with E-state index in [2.05, 4.69) is 0 Å². The zero-order valence-electron chi connectivity index (χ0n) is 11.8. The van der Waals surface area contributed by atoms with Crippen LogP contribution in [0.5, 0.6) is 0 Å². The Morgan fingerprint density at radius 3 is 2.11 bits per heavy atom. The molecule has 0 aromatic rings. The van der Waals surface area contributed by atoms with Crippen molar-refractivity contribution >= 4 is 5.78 Å². The number of rotatable bonds is 10. The number of Topliss-reactive ketones (excluding diaryl/α,β-unsaturated/α-hetero) is 1. The molecule has 3 heteroatoms. The zero-order chi connectivity index (χ0) is 13.1.